The van der Waals surface area contributed by atoms with Crippen molar-refractivity contribution >= 4 is 0 Å². The van der Waals surface area contributed by atoms with Crippen LogP contribution in [0.1, 0.15) is 44.7 Å². The van der Waals surface area contributed by atoms with E-state index < -0.39 is 0 Å². The maximum absolute atomic E-state index is 4.35. The van der Waals surface area contributed by atoms with Crippen LogP contribution in [0.3, 0.4) is 0 Å². The van der Waals surface area contributed by atoms with Crippen molar-refractivity contribution < 1.29 is 0 Å². The van der Waals surface area contributed by atoms with Gasteiger partial charge in [0.2, 0.25) is 0 Å². The van der Waals surface area contributed by atoms with Crippen LogP contribution < -0.4 is 5.32 Å². The molecule has 0 saturated carbocycles. The summed E-state index contributed by atoms with van der Waals surface area (Å²) in [4.78, 5) is 2.71. The quantitative estimate of drug-likeness (QED) is 0.598. The Bertz CT molecular complexity index is 723. The van der Waals surface area contributed by atoms with Gasteiger partial charge in [-0.2, -0.15) is 0 Å². The highest BCUT2D eigenvalue weighted by molar-refractivity contribution is 5.17. The van der Waals surface area contributed by atoms with Crippen LogP contribution in [0.15, 0.2) is 72.8 Å². The Kier molecular flexibility index (Phi) is 7.47. The number of benzene rings is 2. The number of nitrogens with zero attached hydrogens (tertiary/aromatic N) is 1. The van der Waals surface area contributed by atoms with Gasteiger partial charge in [-0.1, -0.05) is 86.7 Å². The summed E-state index contributed by atoms with van der Waals surface area (Å²) in [5.74, 6) is 1.22. The van der Waals surface area contributed by atoms with Crippen LogP contribution in [0.4, 0.5) is 0 Å². The van der Waals surface area contributed by atoms with Crippen molar-refractivity contribution in [2.75, 3.05) is 6.54 Å². The van der Waals surface area contributed by atoms with Crippen molar-refractivity contribution in [2.45, 2.75) is 58.8 Å². The molecule has 1 N–H and O–H groups in total. The zero-order valence-corrected chi connectivity index (χ0v) is 17.8. The number of hydrogen-bond acceptors (Lipinski definition) is 2. The summed E-state index contributed by atoms with van der Waals surface area (Å²) in [6.45, 7) is 14.3. The lowest BCUT2D eigenvalue weighted by Crippen LogP contribution is -2.58. The lowest BCUT2D eigenvalue weighted by molar-refractivity contribution is 0.0618. The Morgan fingerprint density at radius 3 is 2.21 bits per heavy atom. The molecule has 1 aliphatic heterocycles. The highest BCUT2D eigenvalue weighted by atomic mass is 15.2. The normalized spacial score (nSPS) is 23.1. The summed E-state index contributed by atoms with van der Waals surface area (Å²) in [5.41, 5.74) is 4.08. The van der Waals surface area contributed by atoms with Crippen molar-refractivity contribution in [1.82, 2.24) is 10.2 Å². The first-order valence-electron chi connectivity index (χ1n) is 10.7. The second-order valence-corrected chi connectivity index (χ2v) is 8.79. The molecule has 2 heteroatoms. The molecule has 0 radical (unpaired) electrons. The summed E-state index contributed by atoms with van der Waals surface area (Å²) in [7, 11) is 0. The molecule has 3 atom stereocenters. The Morgan fingerprint density at radius 1 is 1.04 bits per heavy atom. The molecule has 150 valence electrons. The summed E-state index contributed by atoms with van der Waals surface area (Å²) in [6.07, 6.45) is 2.40. The molecular weight excluding hydrogens is 340 g/mol. The average molecular weight is 377 g/mol. The molecule has 0 unspecified atom stereocenters. The van der Waals surface area contributed by atoms with Crippen LogP contribution in [0, 0.1) is 11.8 Å². The number of hydrogen-bond donors (Lipinski definition) is 1. The fourth-order valence-corrected chi connectivity index (χ4v) is 4.60. The first-order valence-corrected chi connectivity index (χ1v) is 10.7. The molecule has 0 spiro atoms. The van der Waals surface area contributed by atoms with Gasteiger partial charge in [-0.25, -0.2) is 0 Å². The van der Waals surface area contributed by atoms with E-state index >= 15 is 0 Å². The van der Waals surface area contributed by atoms with Crippen molar-refractivity contribution in [1.29, 1.82) is 0 Å². The third-order valence-corrected chi connectivity index (χ3v) is 6.00. The third kappa shape index (κ3) is 5.56. The fraction of sp³-hybridized carbons (Fsp3) is 0.462. The topological polar surface area (TPSA) is 15.3 Å². The lowest BCUT2D eigenvalue weighted by atomic mass is 9.78. The molecule has 28 heavy (non-hydrogen) atoms. The van der Waals surface area contributed by atoms with Gasteiger partial charge in [0.25, 0.3) is 0 Å². The Balaban J connectivity index is 1.81. The summed E-state index contributed by atoms with van der Waals surface area (Å²) >= 11 is 0. The SMILES string of the molecule is C=C(C)[C@@H]1CCN(Cc2ccccc2)[C@@H](CC(C)C)[C@@H]1NCc1ccccc1. The zero-order chi connectivity index (χ0) is 19.9. The highest BCUT2D eigenvalue weighted by Crippen LogP contribution is 2.32. The first kappa shape index (κ1) is 20.8. The summed E-state index contributed by atoms with van der Waals surface area (Å²) in [5, 5.41) is 3.94. The molecule has 1 fully saturated rings. The van der Waals surface area contributed by atoms with Crippen molar-refractivity contribution in [3.63, 3.8) is 0 Å². The van der Waals surface area contributed by atoms with Gasteiger partial charge in [-0.05, 0) is 49.3 Å². The smallest absolute Gasteiger partial charge is 0.0292 e. The van der Waals surface area contributed by atoms with Crippen LogP contribution in [-0.4, -0.2) is 23.5 Å². The van der Waals surface area contributed by atoms with E-state index in [1.54, 1.807) is 0 Å². The molecule has 0 aliphatic carbocycles. The molecule has 0 bridgehead atoms. The van der Waals surface area contributed by atoms with Crippen LogP contribution >= 0.6 is 0 Å². The van der Waals surface area contributed by atoms with Crippen molar-refractivity contribution in [2.24, 2.45) is 11.8 Å². The van der Waals surface area contributed by atoms with E-state index in [2.05, 4.69) is 98.2 Å². The van der Waals surface area contributed by atoms with Gasteiger partial charge in [-0.3, -0.25) is 4.90 Å². The van der Waals surface area contributed by atoms with Crippen LogP contribution in [-0.2, 0) is 13.1 Å². The van der Waals surface area contributed by atoms with Gasteiger partial charge < -0.3 is 5.32 Å². The van der Waals surface area contributed by atoms with Gasteiger partial charge in [-0.15, -0.1) is 0 Å². The molecule has 0 amide bonds. The minimum absolute atomic E-state index is 0.442. The predicted octanol–water partition coefficient (Wildman–Crippen LogP) is 5.66. The predicted molar refractivity (Wildman–Crippen MR) is 120 cm³/mol. The Morgan fingerprint density at radius 2 is 1.64 bits per heavy atom. The van der Waals surface area contributed by atoms with E-state index in [-0.39, 0.29) is 0 Å². The van der Waals surface area contributed by atoms with Crippen LogP contribution in [0.25, 0.3) is 0 Å². The van der Waals surface area contributed by atoms with E-state index in [0.29, 0.717) is 23.9 Å². The largest absolute Gasteiger partial charge is 0.308 e. The maximum Gasteiger partial charge on any atom is 0.0292 e. The minimum Gasteiger partial charge on any atom is -0.308 e. The second kappa shape index (κ2) is 10.0. The average Bonchev–Trinajstić information content (AvgIpc) is 2.69. The van der Waals surface area contributed by atoms with E-state index in [1.165, 1.54) is 29.5 Å². The number of rotatable bonds is 8. The molecule has 1 saturated heterocycles. The summed E-state index contributed by atoms with van der Waals surface area (Å²) < 4.78 is 0. The Hall–Kier alpha value is -1.90. The maximum atomic E-state index is 4.35. The number of piperidine rings is 1. The van der Waals surface area contributed by atoms with Crippen molar-refractivity contribution in [3.8, 4) is 0 Å². The fourth-order valence-electron chi connectivity index (χ4n) is 4.60. The molecular formula is C26H36N2. The molecule has 2 aromatic carbocycles. The Labute approximate surface area is 171 Å². The number of nitrogens with one attached hydrogen (secondary N) is 1. The standard InChI is InChI=1S/C26H36N2/c1-20(2)17-25-26(27-18-22-11-7-5-8-12-22)24(21(3)4)15-16-28(25)19-23-13-9-6-10-14-23/h5-14,20,24-27H,3,15-19H2,1-2,4H3/t24-,25-,26+/m0/s1. The van der Waals surface area contributed by atoms with Crippen LogP contribution in [0.5, 0.6) is 0 Å². The highest BCUT2D eigenvalue weighted by Gasteiger charge is 2.38. The van der Waals surface area contributed by atoms with Gasteiger partial charge >= 0.3 is 0 Å². The zero-order valence-electron chi connectivity index (χ0n) is 17.8. The van der Waals surface area contributed by atoms with Gasteiger partial charge in [0.1, 0.15) is 0 Å². The van der Waals surface area contributed by atoms with Gasteiger partial charge in [0.05, 0.1) is 0 Å². The molecule has 0 aromatic heterocycles. The van der Waals surface area contributed by atoms with Gasteiger partial charge in [0.15, 0.2) is 0 Å². The monoisotopic (exact) mass is 376 g/mol. The minimum atomic E-state index is 0.442. The third-order valence-electron chi connectivity index (χ3n) is 6.00. The molecule has 1 aliphatic rings. The lowest BCUT2D eigenvalue weighted by Gasteiger charge is -2.47. The number of likely N-dealkylation sites (tertiary alicyclic amines) is 1. The van der Waals surface area contributed by atoms with E-state index in [1.807, 2.05) is 0 Å². The first-order chi connectivity index (χ1) is 13.5. The van der Waals surface area contributed by atoms with Crippen molar-refractivity contribution in [3.05, 3.63) is 83.9 Å². The van der Waals surface area contributed by atoms with E-state index in [0.717, 1.165) is 19.6 Å². The second-order valence-electron chi connectivity index (χ2n) is 8.79. The molecule has 3 rings (SSSR count). The van der Waals surface area contributed by atoms with E-state index in [9.17, 15) is 0 Å². The van der Waals surface area contributed by atoms with Crippen LogP contribution in [0.2, 0.25) is 0 Å². The molecule has 1 heterocycles. The summed E-state index contributed by atoms with van der Waals surface area (Å²) in [6, 6.07) is 22.6. The van der Waals surface area contributed by atoms with E-state index in [4.69, 9.17) is 0 Å². The molecule has 2 aromatic rings. The molecule has 2 nitrogen and oxygen atoms in total. The van der Waals surface area contributed by atoms with Gasteiger partial charge in [0, 0.05) is 25.2 Å².